The van der Waals surface area contributed by atoms with Gasteiger partial charge in [0.25, 0.3) is 0 Å². The molecule has 0 spiro atoms. The fourth-order valence-electron chi connectivity index (χ4n) is 2.90. The maximum Gasteiger partial charge on any atom is 0.236 e. The van der Waals surface area contributed by atoms with Crippen molar-refractivity contribution in [3.8, 4) is 5.75 Å². The van der Waals surface area contributed by atoms with Crippen LogP contribution in [0.3, 0.4) is 0 Å². The first-order valence-electron chi connectivity index (χ1n) is 8.28. The molecule has 1 aliphatic rings. The first-order valence-corrected chi connectivity index (χ1v) is 8.28. The molecular weight excluding hydrogens is 302 g/mol. The number of nitrogens with zero attached hydrogens (tertiary/aromatic N) is 3. The third kappa shape index (κ3) is 4.55. The Morgan fingerprint density at radius 1 is 1.25 bits per heavy atom. The van der Waals surface area contributed by atoms with Crippen molar-refractivity contribution in [3.63, 3.8) is 0 Å². The molecule has 1 amide bonds. The summed E-state index contributed by atoms with van der Waals surface area (Å²) in [5, 5.41) is 0. The van der Waals surface area contributed by atoms with Gasteiger partial charge in [0.2, 0.25) is 5.91 Å². The first-order chi connectivity index (χ1) is 11.7. The van der Waals surface area contributed by atoms with Crippen molar-refractivity contribution in [3.05, 3.63) is 60.4 Å². The standard InChI is InChI=1S/C19H23N3O2/c1-21(13-16-7-5-6-11-20-16)15-19(23)22-12-10-18(14-22)24-17-8-3-2-4-9-17/h2-9,11,18H,10,12-15H2,1H3/t18-/m1/s1. The molecule has 24 heavy (non-hydrogen) atoms. The normalized spacial score (nSPS) is 17.2. The van der Waals surface area contributed by atoms with E-state index >= 15 is 0 Å². The van der Waals surface area contributed by atoms with E-state index in [4.69, 9.17) is 4.74 Å². The number of amides is 1. The molecule has 1 aromatic heterocycles. The van der Waals surface area contributed by atoms with Gasteiger partial charge in [-0.1, -0.05) is 24.3 Å². The summed E-state index contributed by atoms with van der Waals surface area (Å²) in [4.78, 5) is 20.6. The lowest BCUT2D eigenvalue weighted by molar-refractivity contribution is -0.131. The largest absolute Gasteiger partial charge is 0.489 e. The molecule has 0 N–H and O–H groups in total. The summed E-state index contributed by atoms with van der Waals surface area (Å²) in [7, 11) is 1.95. The van der Waals surface area contributed by atoms with E-state index in [2.05, 4.69) is 4.98 Å². The second-order valence-electron chi connectivity index (χ2n) is 6.17. The monoisotopic (exact) mass is 325 g/mol. The van der Waals surface area contributed by atoms with Crippen molar-refractivity contribution in [2.24, 2.45) is 0 Å². The maximum atomic E-state index is 12.5. The third-order valence-corrected chi connectivity index (χ3v) is 4.11. The number of hydrogen-bond donors (Lipinski definition) is 0. The zero-order chi connectivity index (χ0) is 16.8. The highest BCUT2D eigenvalue weighted by Crippen LogP contribution is 2.18. The topological polar surface area (TPSA) is 45.7 Å². The predicted molar refractivity (Wildman–Crippen MR) is 92.6 cm³/mol. The van der Waals surface area contributed by atoms with Gasteiger partial charge in [-0.25, -0.2) is 0 Å². The van der Waals surface area contributed by atoms with E-state index in [0.29, 0.717) is 19.6 Å². The van der Waals surface area contributed by atoms with Crippen LogP contribution in [0.25, 0.3) is 0 Å². The Hall–Kier alpha value is -2.40. The summed E-state index contributed by atoms with van der Waals surface area (Å²) >= 11 is 0. The van der Waals surface area contributed by atoms with Gasteiger partial charge in [-0.3, -0.25) is 14.7 Å². The molecular formula is C19H23N3O2. The van der Waals surface area contributed by atoms with Crippen LogP contribution in [0, 0.1) is 0 Å². The van der Waals surface area contributed by atoms with Gasteiger partial charge in [0.1, 0.15) is 11.9 Å². The number of benzene rings is 1. The van der Waals surface area contributed by atoms with Crippen molar-refractivity contribution >= 4 is 5.91 Å². The second kappa shape index (κ2) is 7.93. The van der Waals surface area contributed by atoms with Crippen LogP contribution in [-0.2, 0) is 11.3 Å². The van der Waals surface area contributed by atoms with E-state index in [9.17, 15) is 4.79 Å². The number of hydrogen-bond acceptors (Lipinski definition) is 4. The molecule has 126 valence electrons. The highest BCUT2D eigenvalue weighted by Gasteiger charge is 2.27. The molecule has 0 radical (unpaired) electrons. The van der Waals surface area contributed by atoms with Crippen molar-refractivity contribution < 1.29 is 9.53 Å². The summed E-state index contributed by atoms with van der Waals surface area (Å²) < 4.78 is 5.94. The van der Waals surface area contributed by atoms with Crippen molar-refractivity contribution in [1.82, 2.24) is 14.8 Å². The molecule has 2 aromatic rings. The highest BCUT2D eigenvalue weighted by molar-refractivity contribution is 5.78. The quantitative estimate of drug-likeness (QED) is 0.817. The van der Waals surface area contributed by atoms with E-state index in [0.717, 1.165) is 24.4 Å². The van der Waals surface area contributed by atoms with Gasteiger partial charge in [0, 0.05) is 25.7 Å². The van der Waals surface area contributed by atoms with Crippen molar-refractivity contribution in [2.75, 3.05) is 26.7 Å². The Balaban J connectivity index is 1.46. The number of ether oxygens (including phenoxy) is 1. The summed E-state index contributed by atoms with van der Waals surface area (Å²) in [6.45, 7) is 2.48. The van der Waals surface area contributed by atoms with Gasteiger partial charge < -0.3 is 9.64 Å². The Bertz CT molecular complexity index is 648. The van der Waals surface area contributed by atoms with E-state index in [1.807, 2.05) is 65.4 Å². The van der Waals surface area contributed by atoms with Gasteiger partial charge in [-0.15, -0.1) is 0 Å². The van der Waals surface area contributed by atoms with Gasteiger partial charge in [0.05, 0.1) is 18.8 Å². The fourth-order valence-corrected chi connectivity index (χ4v) is 2.90. The van der Waals surface area contributed by atoms with Crippen LogP contribution in [-0.4, -0.2) is 53.5 Å². The lowest BCUT2D eigenvalue weighted by Crippen LogP contribution is -2.38. The van der Waals surface area contributed by atoms with Crippen molar-refractivity contribution in [2.45, 2.75) is 19.1 Å². The second-order valence-corrected chi connectivity index (χ2v) is 6.17. The molecule has 5 nitrogen and oxygen atoms in total. The van der Waals surface area contributed by atoms with Crippen LogP contribution in [0.2, 0.25) is 0 Å². The number of aromatic nitrogens is 1. The number of pyridine rings is 1. The number of likely N-dealkylation sites (tertiary alicyclic amines) is 1. The molecule has 1 atom stereocenters. The minimum atomic E-state index is 0.0810. The van der Waals surface area contributed by atoms with Crippen LogP contribution in [0.15, 0.2) is 54.7 Å². The molecule has 5 heteroatoms. The molecule has 0 aliphatic carbocycles. The lowest BCUT2D eigenvalue weighted by atomic mass is 10.3. The minimum absolute atomic E-state index is 0.0810. The average molecular weight is 325 g/mol. The van der Waals surface area contributed by atoms with Crippen molar-refractivity contribution in [1.29, 1.82) is 0 Å². The third-order valence-electron chi connectivity index (χ3n) is 4.11. The summed E-state index contributed by atoms with van der Waals surface area (Å²) in [5.74, 6) is 1.01. The Morgan fingerprint density at radius 2 is 2.04 bits per heavy atom. The molecule has 1 aromatic carbocycles. The molecule has 1 fully saturated rings. The molecule has 0 saturated carbocycles. The Labute approximate surface area is 142 Å². The zero-order valence-electron chi connectivity index (χ0n) is 14.0. The summed E-state index contributed by atoms with van der Waals surface area (Å²) in [5.41, 5.74) is 0.972. The van der Waals surface area contributed by atoms with Crippen LogP contribution >= 0.6 is 0 Å². The van der Waals surface area contributed by atoms with Crippen LogP contribution < -0.4 is 4.74 Å². The SMILES string of the molecule is CN(CC(=O)N1CC[C@@H](Oc2ccccc2)C1)Cc1ccccn1. The van der Waals surface area contributed by atoms with Gasteiger partial charge >= 0.3 is 0 Å². The number of carbonyl (C=O) groups excluding carboxylic acids is 1. The maximum absolute atomic E-state index is 12.5. The number of para-hydroxylation sites is 1. The fraction of sp³-hybridized carbons (Fsp3) is 0.368. The van der Waals surface area contributed by atoms with Gasteiger partial charge in [-0.05, 0) is 31.3 Å². The lowest BCUT2D eigenvalue weighted by Gasteiger charge is -2.21. The first kappa shape index (κ1) is 16.5. The molecule has 1 saturated heterocycles. The average Bonchev–Trinajstić information content (AvgIpc) is 3.05. The molecule has 1 aliphatic heterocycles. The number of rotatable bonds is 6. The van der Waals surface area contributed by atoms with E-state index in [1.165, 1.54) is 0 Å². The molecule has 2 heterocycles. The minimum Gasteiger partial charge on any atom is -0.489 e. The van der Waals surface area contributed by atoms with Crippen LogP contribution in [0.4, 0.5) is 0 Å². The number of likely N-dealkylation sites (N-methyl/N-ethyl adjacent to an activating group) is 1. The van der Waals surface area contributed by atoms with E-state index in [1.54, 1.807) is 6.20 Å². The van der Waals surface area contributed by atoms with Gasteiger partial charge in [-0.2, -0.15) is 0 Å². The van der Waals surface area contributed by atoms with Crippen LogP contribution in [0.5, 0.6) is 5.75 Å². The Kier molecular flexibility index (Phi) is 5.43. The zero-order valence-corrected chi connectivity index (χ0v) is 14.0. The Morgan fingerprint density at radius 3 is 2.79 bits per heavy atom. The molecule has 3 rings (SSSR count). The molecule has 0 unspecified atom stereocenters. The summed E-state index contributed by atoms with van der Waals surface area (Å²) in [6, 6.07) is 15.6. The summed E-state index contributed by atoms with van der Waals surface area (Å²) in [6.07, 6.45) is 2.74. The molecule has 0 bridgehead atoms. The predicted octanol–water partition coefficient (Wildman–Crippen LogP) is 2.19. The number of carbonyl (C=O) groups is 1. The van der Waals surface area contributed by atoms with Crippen LogP contribution in [0.1, 0.15) is 12.1 Å². The smallest absolute Gasteiger partial charge is 0.236 e. The highest BCUT2D eigenvalue weighted by atomic mass is 16.5. The van der Waals surface area contributed by atoms with Gasteiger partial charge in [0.15, 0.2) is 0 Å². The van der Waals surface area contributed by atoms with E-state index in [-0.39, 0.29) is 12.0 Å². The van der Waals surface area contributed by atoms with E-state index < -0.39 is 0 Å².